The van der Waals surface area contributed by atoms with Crippen LogP contribution in [0.5, 0.6) is 0 Å². The third-order valence-corrected chi connectivity index (χ3v) is 2.88. The van der Waals surface area contributed by atoms with E-state index in [1.54, 1.807) is 0 Å². The van der Waals surface area contributed by atoms with Crippen LogP contribution in [0.2, 0.25) is 0 Å². The minimum atomic E-state index is -1.28. The van der Waals surface area contributed by atoms with E-state index in [9.17, 15) is 18.4 Å². The van der Waals surface area contributed by atoms with Crippen LogP contribution in [0.3, 0.4) is 0 Å². The Bertz CT molecular complexity index is 570. The highest BCUT2D eigenvalue weighted by atomic mass is 19.2. The molecule has 21 heavy (non-hydrogen) atoms. The van der Waals surface area contributed by atoms with Gasteiger partial charge in [0.1, 0.15) is 6.04 Å². The first-order chi connectivity index (χ1) is 9.97. The van der Waals surface area contributed by atoms with Crippen molar-refractivity contribution in [1.82, 2.24) is 5.32 Å². The van der Waals surface area contributed by atoms with Gasteiger partial charge in [0.25, 0.3) is 5.91 Å². The Morgan fingerprint density at radius 3 is 2.67 bits per heavy atom. The lowest BCUT2D eigenvalue weighted by molar-refractivity contribution is -0.120. The second-order valence-corrected chi connectivity index (χ2v) is 4.43. The van der Waals surface area contributed by atoms with Gasteiger partial charge in [-0.15, -0.1) is 0 Å². The van der Waals surface area contributed by atoms with Crippen LogP contribution in [0.25, 0.3) is 0 Å². The van der Waals surface area contributed by atoms with E-state index < -0.39 is 35.1 Å². The molecule has 5 nitrogen and oxygen atoms in total. The summed E-state index contributed by atoms with van der Waals surface area (Å²) in [6.45, 7) is 0. The van der Waals surface area contributed by atoms with E-state index in [4.69, 9.17) is 11.0 Å². The van der Waals surface area contributed by atoms with E-state index in [2.05, 4.69) is 5.32 Å². The minimum absolute atomic E-state index is 0.236. The van der Waals surface area contributed by atoms with Crippen LogP contribution >= 0.6 is 0 Å². The summed E-state index contributed by atoms with van der Waals surface area (Å²) in [5.74, 6) is -4.09. The van der Waals surface area contributed by atoms with Crippen LogP contribution in [0.1, 0.15) is 36.0 Å². The molecule has 1 atom stereocenters. The van der Waals surface area contributed by atoms with Crippen LogP contribution in [0.15, 0.2) is 18.2 Å². The molecule has 0 aliphatic carbocycles. The lowest BCUT2D eigenvalue weighted by Gasteiger charge is -2.15. The predicted molar refractivity (Wildman–Crippen MR) is 70.9 cm³/mol. The average molecular weight is 295 g/mol. The number of nitrogens with one attached hydrogen (secondary N) is 1. The maximum atomic E-state index is 13.5. The van der Waals surface area contributed by atoms with E-state index in [0.717, 1.165) is 12.1 Å². The van der Waals surface area contributed by atoms with Crippen LogP contribution in [0, 0.1) is 23.0 Å². The first-order valence-corrected chi connectivity index (χ1v) is 6.38. The predicted octanol–water partition coefficient (Wildman–Crippen LogP) is 1.63. The number of carbonyl (C=O) groups is 2. The van der Waals surface area contributed by atoms with E-state index in [0.29, 0.717) is 19.3 Å². The molecule has 0 radical (unpaired) electrons. The molecule has 0 aliphatic heterocycles. The van der Waals surface area contributed by atoms with Gasteiger partial charge in [0.05, 0.1) is 11.6 Å². The van der Waals surface area contributed by atoms with Crippen molar-refractivity contribution in [1.29, 1.82) is 5.26 Å². The summed E-state index contributed by atoms with van der Waals surface area (Å²) in [5, 5.41) is 10.7. The van der Waals surface area contributed by atoms with Crippen molar-refractivity contribution >= 4 is 11.8 Å². The number of amides is 2. The molecule has 1 rings (SSSR count). The van der Waals surface area contributed by atoms with E-state index in [1.807, 2.05) is 6.07 Å². The number of nitrogens with two attached hydrogens (primary N) is 1. The highest BCUT2D eigenvalue weighted by Gasteiger charge is 2.21. The molecule has 0 saturated heterocycles. The van der Waals surface area contributed by atoms with Crippen molar-refractivity contribution in [2.24, 2.45) is 5.73 Å². The number of carbonyl (C=O) groups excluding carboxylic acids is 2. The molecule has 2 amide bonds. The molecule has 0 fully saturated rings. The number of benzene rings is 1. The monoisotopic (exact) mass is 295 g/mol. The smallest absolute Gasteiger partial charge is 0.255 e. The fourth-order valence-corrected chi connectivity index (χ4v) is 1.75. The van der Waals surface area contributed by atoms with Gasteiger partial charge in [0.2, 0.25) is 5.91 Å². The summed E-state index contributed by atoms with van der Waals surface area (Å²) in [6.07, 6.45) is 1.63. The zero-order chi connectivity index (χ0) is 15.8. The maximum absolute atomic E-state index is 13.5. The fraction of sp³-hybridized carbons (Fsp3) is 0.357. The Labute approximate surface area is 120 Å². The molecule has 7 heteroatoms. The molecule has 0 unspecified atom stereocenters. The Balaban J connectivity index is 2.70. The van der Waals surface area contributed by atoms with Crippen LogP contribution in [0.4, 0.5) is 8.78 Å². The van der Waals surface area contributed by atoms with Crippen molar-refractivity contribution in [2.75, 3.05) is 0 Å². The molecule has 1 aromatic rings. The standard InChI is InChI=1S/C14H15F2N3O2/c15-10-6-4-5-9(12(10)16)14(21)19-11(13(18)20)7-2-1-3-8-17/h4-6,11H,1-3,7H2,(H2,18,20)(H,19,21)/t11-/m0/s1. The molecule has 3 N–H and O–H groups in total. The number of unbranched alkanes of at least 4 members (excludes halogenated alkanes) is 2. The number of nitriles is 1. The van der Waals surface area contributed by atoms with Gasteiger partial charge in [0, 0.05) is 6.42 Å². The third-order valence-electron chi connectivity index (χ3n) is 2.88. The average Bonchev–Trinajstić information content (AvgIpc) is 2.44. The van der Waals surface area contributed by atoms with Gasteiger partial charge in [-0.05, 0) is 31.4 Å². The van der Waals surface area contributed by atoms with Gasteiger partial charge < -0.3 is 11.1 Å². The Morgan fingerprint density at radius 2 is 2.05 bits per heavy atom. The Hall–Kier alpha value is -2.49. The first-order valence-electron chi connectivity index (χ1n) is 6.38. The molecule has 0 saturated carbocycles. The van der Waals surface area contributed by atoms with Crippen molar-refractivity contribution in [2.45, 2.75) is 31.7 Å². The van der Waals surface area contributed by atoms with Crippen molar-refractivity contribution in [3.63, 3.8) is 0 Å². The molecule has 0 heterocycles. The lowest BCUT2D eigenvalue weighted by atomic mass is 10.1. The van der Waals surface area contributed by atoms with Gasteiger partial charge >= 0.3 is 0 Å². The molecule has 1 aromatic carbocycles. The van der Waals surface area contributed by atoms with E-state index in [-0.39, 0.29) is 6.42 Å². The van der Waals surface area contributed by atoms with Crippen LogP contribution in [-0.2, 0) is 4.79 Å². The van der Waals surface area contributed by atoms with Gasteiger partial charge in [0.15, 0.2) is 11.6 Å². The summed E-state index contributed by atoms with van der Waals surface area (Å²) < 4.78 is 26.5. The molecule has 0 bridgehead atoms. The normalized spacial score (nSPS) is 11.5. The largest absolute Gasteiger partial charge is 0.368 e. The highest BCUT2D eigenvalue weighted by Crippen LogP contribution is 2.12. The van der Waals surface area contributed by atoms with Crippen LogP contribution < -0.4 is 11.1 Å². The van der Waals surface area contributed by atoms with Crippen molar-refractivity contribution < 1.29 is 18.4 Å². The molecule has 0 spiro atoms. The number of nitrogens with zero attached hydrogens (tertiary/aromatic N) is 1. The maximum Gasteiger partial charge on any atom is 0.255 e. The topological polar surface area (TPSA) is 96.0 Å². The second-order valence-electron chi connectivity index (χ2n) is 4.43. The number of halogens is 2. The molecule has 0 aromatic heterocycles. The summed E-state index contributed by atoms with van der Waals surface area (Å²) >= 11 is 0. The SMILES string of the molecule is N#CCCCC[C@H](NC(=O)c1cccc(F)c1F)C(N)=O. The number of rotatable bonds is 7. The third kappa shape index (κ3) is 4.84. The Kier molecular flexibility index (Phi) is 6.27. The second kappa shape index (κ2) is 7.94. The van der Waals surface area contributed by atoms with Gasteiger partial charge in [-0.1, -0.05) is 6.07 Å². The molecule has 112 valence electrons. The van der Waals surface area contributed by atoms with Crippen molar-refractivity contribution in [3.8, 4) is 6.07 Å². The van der Waals surface area contributed by atoms with E-state index in [1.165, 1.54) is 6.07 Å². The molecular weight excluding hydrogens is 280 g/mol. The summed E-state index contributed by atoms with van der Waals surface area (Å²) in [5.41, 5.74) is 4.67. The number of primary amides is 1. The first kappa shape index (κ1) is 16.6. The van der Waals surface area contributed by atoms with Crippen LogP contribution in [-0.4, -0.2) is 17.9 Å². The zero-order valence-corrected chi connectivity index (χ0v) is 11.2. The van der Waals surface area contributed by atoms with Gasteiger partial charge in [-0.3, -0.25) is 9.59 Å². The Morgan fingerprint density at radius 1 is 1.33 bits per heavy atom. The molecule has 0 aliphatic rings. The minimum Gasteiger partial charge on any atom is -0.368 e. The number of hydrogen-bond acceptors (Lipinski definition) is 3. The summed E-state index contributed by atoms with van der Waals surface area (Å²) in [7, 11) is 0. The fourth-order valence-electron chi connectivity index (χ4n) is 1.75. The summed E-state index contributed by atoms with van der Waals surface area (Å²) in [4.78, 5) is 23.1. The number of hydrogen-bond donors (Lipinski definition) is 2. The van der Waals surface area contributed by atoms with Gasteiger partial charge in [-0.25, -0.2) is 8.78 Å². The lowest BCUT2D eigenvalue weighted by Crippen LogP contribution is -2.44. The molecular formula is C14H15F2N3O2. The highest BCUT2D eigenvalue weighted by molar-refractivity contribution is 5.97. The van der Waals surface area contributed by atoms with Gasteiger partial charge in [-0.2, -0.15) is 5.26 Å². The zero-order valence-electron chi connectivity index (χ0n) is 11.2. The van der Waals surface area contributed by atoms with E-state index >= 15 is 0 Å². The quantitative estimate of drug-likeness (QED) is 0.748. The van der Waals surface area contributed by atoms with Crippen molar-refractivity contribution in [3.05, 3.63) is 35.4 Å². The summed E-state index contributed by atoms with van der Waals surface area (Å²) in [6, 6.07) is 4.16.